The van der Waals surface area contributed by atoms with Crippen LogP contribution in [0.4, 0.5) is 0 Å². The van der Waals surface area contributed by atoms with E-state index in [1.54, 1.807) is 0 Å². The summed E-state index contributed by atoms with van der Waals surface area (Å²) < 4.78 is 0. The Labute approximate surface area is 65.8 Å². The van der Waals surface area contributed by atoms with E-state index in [1.165, 1.54) is 19.3 Å². The average Bonchev–Trinajstić information content (AvgIpc) is 2.28. The first-order valence-electron chi connectivity index (χ1n) is 4.18. The predicted molar refractivity (Wildman–Crippen MR) is 40.3 cm³/mol. The second-order valence-electron chi connectivity index (χ2n) is 3.83. The van der Waals surface area contributed by atoms with E-state index in [9.17, 15) is 4.79 Å². The summed E-state index contributed by atoms with van der Waals surface area (Å²) in [5, 5.41) is 11.8. The second kappa shape index (κ2) is 2.21. The van der Waals surface area contributed by atoms with Gasteiger partial charge < -0.3 is 10.4 Å². The van der Waals surface area contributed by atoms with Gasteiger partial charge in [0.25, 0.3) is 0 Å². The quantitative estimate of drug-likeness (QED) is 0.583. The third-order valence-electron chi connectivity index (χ3n) is 3.07. The van der Waals surface area contributed by atoms with Gasteiger partial charge in [-0.3, -0.25) is 4.79 Å². The Hall–Kier alpha value is -0.570. The van der Waals surface area contributed by atoms with E-state index < -0.39 is 5.97 Å². The third kappa shape index (κ3) is 1.03. The van der Waals surface area contributed by atoms with Gasteiger partial charge in [-0.1, -0.05) is 6.42 Å². The number of carboxylic acids is 1. The van der Waals surface area contributed by atoms with E-state index in [0.717, 1.165) is 13.0 Å². The van der Waals surface area contributed by atoms with Crippen LogP contribution in [0.5, 0.6) is 0 Å². The van der Waals surface area contributed by atoms with Crippen LogP contribution < -0.4 is 5.32 Å². The molecule has 1 saturated carbocycles. The monoisotopic (exact) mass is 155 g/mol. The molecule has 1 heterocycles. The Bertz CT molecular complexity index is 187. The Morgan fingerprint density at radius 3 is 2.55 bits per heavy atom. The molecule has 0 bridgehead atoms. The van der Waals surface area contributed by atoms with Gasteiger partial charge in [-0.15, -0.1) is 0 Å². The van der Waals surface area contributed by atoms with E-state index in [2.05, 4.69) is 5.32 Å². The highest BCUT2D eigenvalue weighted by atomic mass is 16.4. The van der Waals surface area contributed by atoms with Crippen LogP contribution in [-0.4, -0.2) is 23.7 Å². The third-order valence-corrected chi connectivity index (χ3v) is 3.07. The molecule has 2 N–H and O–H groups in total. The van der Waals surface area contributed by atoms with E-state index in [0.29, 0.717) is 5.41 Å². The molecule has 11 heavy (non-hydrogen) atoms. The summed E-state index contributed by atoms with van der Waals surface area (Å²) in [5.41, 5.74) is 0.378. The molecule has 3 nitrogen and oxygen atoms in total. The normalized spacial score (nSPS) is 33.6. The SMILES string of the molecule is O=C(O)[C@@H]1CC2(CCC2)CN1. The van der Waals surface area contributed by atoms with Gasteiger partial charge in [0.1, 0.15) is 6.04 Å². The van der Waals surface area contributed by atoms with Crippen LogP contribution >= 0.6 is 0 Å². The van der Waals surface area contributed by atoms with Gasteiger partial charge in [-0.05, 0) is 24.7 Å². The van der Waals surface area contributed by atoms with Crippen LogP contribution in [0.25, 0.3) is 0 Å². The predicted octanol–water partition coefficient (Wildman–Crippen LogP) is 0.603. The summed E-state index contributed by atoms with van der Waals surface area (Å²) in [5.74, 6) is -0.686. The maximum Gasteiger partial charge on any atom is 0.320 e. The van der Waals surface area contributed by atoms with Crippen molar-refractivity contribution in [3.05, 3.63) is 0 Å². The molecule has 1 aliphatic heterocycles. The summed E-state index contributed by atoms with van der Waals surface area (Å²) in [4.78, 5) is 10.6. The zero-order valence-electron chi connectivity index (χ0n) is 6.47. The molecule has 2 rings (SSSR count). The standard InChI is InChI=1S/C8H13NO2/c10-7(11)6-4-8(5-9-6)2-1-3-8/h6,9H,1-5H2,(H,10,11)/t6-/m0/s1. The zero-order valence-corrected chi connectivity index (χ0v) is 6.47. The molecule has 0 aromatic carbocycles. The van der Waals surface area contributed by atoms with E-state index >= 15 is 0 Å². The van der Waals surface area contributed by atoms with Crippen LogP contribution in [0.1, 0.15) is 25.7 Å². The minimum atomic E-state index is -0.686. The highest BCUT2D eigenvalue weighted by molar-refractivity contribution is 5.74. The first kappa shape index (κ1) is 7.10. The molecule has 1 spiro atoms. The van der Waals surface area contributed by atoms with E-state index in [1.807, 2.05) is 0 Å². The molecule has 3 heteroatoms. The molecule has 2 aliphatic rings. The molecule has 62 valence electrons. The number of carboxylic acid groups (broad SMARTS) is 1. The molecule has 0 radical (unpaired) electrons. The van der Waals surface area contributed by atoms with Gasteiger partial charge in [0.15, 0.2) is 0 Å². The number of aliphatic carboxylic acids is 1. The fourth-order valence-corrected chi connectivity index (χ4v) is 2.15. The average molecular weight is 155 g/mol. The minimum Gasteiger partial charge on any atom is -0.480 e. The Balaban J connectivity index is 1.98. The minimum absolute atomic E-state index is 0.268. The van der Waals surface area contributed by atoms with Crippen molar-refractivity contribution in [2.24, 2.45) is 5.41 Å². The van der Waals surface area contributed by atoms with Crippen molar-refractivity contribution in [1.29, 1.82) is 0 Å². The lowest BCUT2D eigenvalue weighted by molar-refractivity contribution is -0.139. The van der Waals surface area contributed by atoms with Gasteiger partial charge in [-0.2, -0.15) is 0 Å². The maximum absolute atomic E-state index is 10.6. The largest absolute Gasteiger partial charge is 0.480 e. The lowest BCUT2D eigenvalue weighted by atomic mass is 9.67. The van der Waals surface area contributed by atoms with Crippen LogP contribution in [0.2, 0.25) is 0 Å². The maximum atomic E-state index is 10.6. The van der Waals surface area contributed by atoms with Crippen molar-refractivity contribution in [3.63, 3.8) is 0 Å². The van der Waals surface area contributed by atoms with Crippen molar-refractivity contribution in [2.75, 3.05) is 6.54 Å². The number of rotatable bonds is 1. The van der Waals surface area contributed by atoms with Gasteiger partial charge in [0, 0.05) is 6.54 Å². The van der Waals surface area contributed by atoms with E-state index in [4.69, 9.17) is 5.11 Å². The molecule has 0 unspecified atom stereocenters. The molecular weight excluding hydrogens is 142 g/mol. The fraction of sp³-hybridized carbons (Fsp3) is 0.875. The van der Waals surface area contributed by atoms with Gasteiger partial charge in [0.2, 0.25) is 0 Å². The smallest absolute Gasteiger partial charge is 0.320 e. The number of hydrogen-bond acceptors (Lipinski definition) is 2. The fourth-order valence-electron chi connectivity index (χ4n) is 2.15. The molecule has 0 amide bonds. The van der Waals surface area contributed by atoms with Crippen molar-refractivity contribution in [2.45, 2.75) is 31.7 Å². The van der Waals surface area contributed by atoms with Gasteiger partial charge in [-0.25, -0.2) is 0 Å². The summed E-state index contributed by atoms with van der Waals surface area (Å²) in [7, 11) is 0. The van der Waals surface area contributed by atoms with Crippen molar-refractivity contribution >= 4 is 5.97 Å². The van der Waals surface area contributed by atoms with Crippen molar-refractivity contribution in [3.8, 4) is 0 Å². The number of hydrogen-bond donors (Lipinski definition) is 2. The lowest BCUT2D eigenvalue weighted by Gasteiger charge is -2.37. The molecule has 0 aromatic rings. The van der Waals surface area contributed by atoms with Crippen molar-refractivity contribution < 1.29 is 9.90 Å². The second-order valence-corrected chi connectivity index (χ2v) is 3.83. The lowest BCUT2D eigenvalue weighted by Crippen LogP contribution is -2.31. The summed E-state index contributed by atoms with van der Waals surface area (Å²) >= 11 is 0. The molecule has 1 aliphatic carbocycles. The summed E-state index contributed by atoms with van der Waals surface area (Å²) in [6.07, 6.45) is 4.59. The molecule has 0 aromatic heterocycles. The Morgan fingerprint density at radius 1 is 1.55 bits per heavy atom. The Morgan fingerprint density at radius 2 is 2.27 bits per heavy atom. The first-order chi connectivity index (χ1) is 5.22. The van der Waals surface area contributed by atoms with Crippen LogP contribution in [0, 0.1) is 5.41 Å². The first-order valence-corrected chi connectivity index (χ1v) is 4.18. The Kier molecular flexibility index (Phi) is 1.42. The van der Waals surface area contributed by atoms with Crippen LogP contribution in [-0.2, 0) is 4.79 Å². The van der Waals surface area contributed by atoms with Gasteiger partial charge in [0.05, 0.1) is 0 Å². The van der Waals surface area contributed by atoms with E-state index in [-0.39, 0.29) is 6.04 Å². The highest BCUT2D eigenvalue weighted by Gasteiger charge is 2.45. The summed E-state index contributed by atoms with van der Waals surface area (Å²) in [6, 6.07) is -0.268. The topological polar surface area (TPSA) is 49.3 Å². The van der Waals surface area contributed by atoms with Crippen LogP contribution in [0.3, 0.4) is 0 Å². The number of nitrogens with one attached hydrogen (secondary N) is 1. The van der Waals surface area contributed by atoms with Gasteiger partial charge >= 0.3 is 5.97 Å². The number of carbonyl (C=O) groups is 1. The molecule has 1 atom stereocenters. The molecule has 2 fully saturated rings. The molecular formula is C8H13NO2. The summed E-state index contributed by atoms with van der Waals surface area (Å²) in [6.45, 7) is 0.921. The molecule has 1 saturated heterocycles. The highest BCUT2D eigenvalue weighted by Crippen LogP contribution is 2.46. The zero-order chi connectivity index (χ0) is 7.90. The van der Waals surface area contributed by atoms with Crippen LogP contribution in [0.15, 0.2) is 0 Å². The van der Waals surface area contributed by atoms with Crippen molar-refractivity contribution in [1.82, 2.24) is 5.32 Å².